The summed E-state index contributed by atoms with van der Waals surface area (Å²) < 4.78 is 9.66. The third-order valence-corrected chi connectivity index (χ3v) is 4.14. The van der Waals surface area contributed by atoms with Gasteiger partial charge in [-0.25, -0.2) is 0 Å². The van der Waals surface area contributed by atoms with Crippen LogP contribution in [0, 0.1) is 0 Å². The molecule has 0 spiro atoms. The van der Waals surface area contributed by atoms with Crippen molar-refractivity contribution < 1.29 is 4.74 Å². The lowest BCUT2D eigenvalue weighted by molar-refractivity contribution is 0.314. The Bertz CT molecular complexity index is 561. The predicted octanol–water partition coefficient (Wildman–Crippen LogP) is 3.29. The maximum atomic E-state index is 5.87. The highest BCUT2D eigenvalue weighted by Gasteiger charge is 2.09. The normalized spacial score (nSPS) is 10.8. The van der Waals surface area contributed by atoms with Crippen LogP contribution in [0.3, 0.4) is 0 Å². The lowest BCUT2D eigenvalue weighted by Gasteiger charge is -2.12. The predicted molar refractivity (Wildman–Crippen MR) is 87.0 cm³/mol. The second-order valence-electron chi connectivity index (χ2n) is 4.46. The van der Waals surface area contributed by atoms with E-state index in [-0.39, 0.29) is 0 Å². The highest BCUT2D eigenvalue weighted by Crippen LogP contribution is 2.34. The molecule has 1 N–H and O–H groups in total. The van der Waals surface area contributed by atoms with E-state index in [2.05, 4.69) is 54.4 Å². The van der Waals surface area contributed by atoms with Gasteiger partial charge in [0.15, 0.2) is 0 Å². The van der Waals surface area contributed by atoms with E-state index < -0.39 is 0 Å². The highest BCUT2D eigenvalue weighted by atomic mass is 79.9. The van der Waals surface area contributed by atoms with Crippen LogP contribution in [0.1, 0.15) is 11.3 Å². The Morgan fingerprint density at radius 1 is 1.30 bits per heavy atom. The summed E-state index contributed by atoms with van der Waals surface area (Å²) in [5, 5.41) is 7.28. The standard InChI is InChI=1S/C14H17Br2N3O/c1-17-9-10-7-12(15)14(13(16)8-10)20-6-4-11-3-5-18-19(11)2/h3,5,7-8,17H,4,6,9H2,1-2H3. The topological polar surface area (TPSA) is 39.1 Å². The lowest BCUT2D eigenvalue weighted by atomic mass is 10.2. The summed E-state index contributed by atoms with van der Waals surface area (Å²) in [6, 6.07) is 6.14. The molecule has 0 atom stereocenters. The summed E-state index contributed by atoms with van der Waals surface area (Å²) >= 11 is 7.12. The summed E-state index contributed by atoms with van der Waals surface area (Å²) in [6.45, 7) is 1.44. The molecule has 108 valence electrons. The molecule has 0 radical (unpaired) electrons. The number of aryl methyl sites for hydroxylation is 1. The summed E-state index contributed by atoms with van der Waals surface area (Å²) in [7, 11) is 3.87. The first-order chi connectivity index (χ1) is 9.61. The minimum atomic E-state index is 0.613. The van der Waals surface area contributed by atoms with Crippen molar-refractivity contribution in [3.8, 4) is 5.75 Å². The largest absolute Gasteiger partial charge is 0.491 e. The molecule has 0 bridgehead atoms. The Labute approximate surface area is 135 Å². The molecule has 0 aliphatic rings. The minimum Gasteiger partial charge on any atom is -0.491 e. The van der Waals surface area contributed by atoms with Crippen LogP contribution in [-0.2, 0) is 20.0 Å². The average molecular weight is 403 g/mol. The van der Waals surface area contributed by atoms with E-state index in [1.54, 1.807) is 6.20 Å². The first kappa shape index (κ1) is 15.5. The SMILES string of the molecule is CNCc1cc(Br)c(OCCc2ccnn2C)c(Br)c1. The molecular weight excluding hydrogens is 386 g/mol. The smallest absolute Gasteiger partial charge is 0.147 e. The first-order valence-electron chi connectivity index (χ1n) is 6.34. The van der Waals surface area contributed by atoms with Crippen LogP contribution in [0.15, 0.2) is 33.3 Å². The van der Waals surface area contributed by atoms with Gasteiger partial charge in [-0.3, -0.25) is 4.68 Å². The number of nitrogens with zero attached hydrogens (tertiary/aromatic N) is 2. The molecule has 0 saturated carbocycles. The number of rotatable bonds is 6. The van der Waals surface area contributed by atoms with Gasteiger partial charge in [0.25, 0.3) is 0 Å². The number of hydrogen-bond donors (Lipinski definition) is 1. The first-order valence-corrected chi connectivity index (χ1v) is 7.92. The molecular formula is C14H17Br2N3O. The van der Waals surface area contributed by atoms with Crippen molar-refractivity contribution >= 4 is 31.9 Å². The molecule has 0 saturated heterocycles. The molecule has 0 aliphatic carbocycles. The van der Waals surface area contributed by atoms with Gasteiger partial charge in [0, 0.05) is 31.9 Å². The average Bonchev–Trinajstić information content (AvgIpc) is 2.79. The van der Waals surface area contributed by atoms with Crippen LogP contribution in [0.4, 0.5) is 0 Å². The molecule has 2 rings (SSSR count). The Morgan fingerprint density at radius 3 is 2.55 bits per heavy atom. The van der Waals surface area contributed by atoms with Crippen LogP contribution in [0.2, 0.25) is 0 Å². The van der Waals surface area contributed by atoms with Crippen molar-refractivity contribution in [2.24, 2.45) is 7.05 Å². The van der Waals surface area contributed by atoms with Crippen molar-refractivity contribution in [3.05, 3.63) is 44.6 Å². The fraction of sp³-hybridized carbons (Fsp3) is 0.357. The molecule has 1 heterocycles. The Hall–Kier alpha value is -0.850. The summed E-state index contributed by atoms with van der Waals surface area (Å²) in [5.41, 5.74) is 2.36. The molecule has 20 heavy (non-hydrogen) atoms. The zero-order chi connectivity index (χ0) is 14.5. The third-order valence-electron chi connectivity index (χ3n) is 2.97. The monoisotopic (exact) mass is 401 g/mol. The molecule has 0 fully saturated rings. The number of aromatic nitrogens is 2. The van der Waals surface area contributed by atoms with Gasteiger partial charge in [0.1, 0.15) is 5.75 Å². The molecule has 0 unspecified atom stereocenters. The molecule has 1 aromatic carbocycles. The molecule has 0 aliphatic heterocycles. The third kappa shape index (κ3) is 3.84. The zero-order valence-corrected chi connectivity index (χ0v) is 14.7. The molecule has 4 nitrogen and oxygen atoms in total. The number of nitrogens with one attached hydrogen (secondary N) is 1. The van der Waals surface area contributed by atoms with Gasteiger partial charge >= 0.3 is 0 Å². The lowest BCUT2D eigenvalue weighted by Crippen LogP contribution is -2.08. The van der Waals surface area contributed by atoms with E-state index in [0.29, 0.717) is 6.61 Å². The van der Waals surface area contributed by atoms with Crippen LogP contribution < -0.4 is 10.1 Å². The van der Waals surface area contributed by atoms with E-state index in [0.717, 1.165) is 33.4 Å². The Morgan fingerprint density at radius 2 is 2.00 bits per heavy atom. The fourth-order valence-corrected chi connectivity index (χ4v) is 3.47. The summed E-state index contributed by atoms with van der Waals surface area (Å²) in [4.78, 5) is 0. The number of ether oxygens (including phenoxy) is 1. The van der Waals surface area contributed by atoms with Crippen molar-refractivity contribution in [2.75, 3.05) is 13.7 Å². The molecule has 6 heteroatoms. The van der Waals surface area contributed by atoms with Gasteiger partial charge in [-0.2, -0.15) is 5.10 Å². The Balaban J connectivity index is 2.01. The number of benzene rings is 1. The second-order valence-corrected chi connectivity index (χ2v) is 6.17. The van der Waals surface area contributed by atoms with Crippen LogP contribution in [-0.4, -0.2) is 23.4 Å². The van der Waals surface area contributed by atoms with Gasteiger partial charge < -0.3 is 10.1 Å². The van der Waals surface area contributed by atoms with Gasteiger partial charge in [-0.1, -0.05) is 0 Å². The van der Waals surface area contributed by atoms with E-state index in [4.69, 9.17) is 4.74 Å². The van der Waals surface area contributed by atoms with Crippen molar-refractivity contribution in [2.45, 2.75) is 13.0 Å². The molecule has 1 aromatic heterocycles. The highest BCUT2D eigenvalue weighted by molar-refractivity contribution is 9.11. The molecule has 0 amide bonds. The van der Waals surface area contributed by atoms with E-state index in [9.17, 15) is 0 Å². The van der Waals surface area contributed by atoms with E-state index in [1.807, 2.05) is 24.8 Å². The maximum Gasteiger partial charge on any atom is 0.147 e. The van der Waals surface area contributed by atoms with Gasteiger partial charge in [0.05, 0.1) is 15.6 Å². The van der Waals surface area contributed by atoms with Crippen LogP contribution in [0.25, 0.3) is 0 Å². The number of halogens is 2. The van der Waals surface area contributed by atoms with Gasteiger partial charge in [0.2, 0.25) is 0 Å². The van der Waals surface area contributed by atoms with Crippen molar-refractivity contribution in [1.29, 1.82) is 0 Å². The van der Waals surface area contributed by atoms with Crippen molar-refractivity contribution in [1.82, 2.24) is 15.1 Å². The maximum absolute atomic E-state index is 5.87. The second kappa shape index (κ2) is 7.24. The van der Waals surface area contributed by atoms with Crippen LogP contribution >= 0.6 is 31.9 Å². The number of hydrogen-bond acceptors (Lipinski definition) is 3. The summed E-state index contributed by atoms with van der Waals surface area (Å²) in [5.74, 6) is 0.840. The van der Waals surface area contributed by atoms with Crippen LogP contribution in [0.5, 0.6) is 5.75 Å². The zero-order valence-electron chi connectivity index (χ0n) is 11.5. The fourth-order valence-electron chi connectivity index (χ4n) is 1.96. The van der Waals surface area contributed by atoms with E-state index in [1.165, 1.54) is 5.56 Å². The van der Waals surface area contributed by atoms with E-state index >= 15 is 0 Å². The molecule has 2 aromatic rings. The van der Waals surface area contributed by atoms with Gasteiger partial charge in [-0.15, -0.1) is 0 Å². The van der Waals surface area contributed by atoms with Gasteiger partial charge in [-0.05, 0) is 62.7 Å². The minimum absolute atomic E-state index is 0.613. The van der Waals surface area contributed by atoms with Crippen molar-refractivity contribution in [3.63, 3.8) is 0 Å². The summed E-state index contributed by atoms with van der Waals surface area (Å²) in [6.07, 6.45) is 2.63. The Kier molecular flexibility index (Phi) is 5.63. The quantitative estimate of drug-likeness (QED) is 0.805.